The first kappa shape index (κ1) is 16.6. The molecule has 0 spiro atoms. The second-order valence-corrected chi connectivity index (χ2v) is 4.94. The monoisotopic (exact) mass is 314 g/mol. The van der Waals surface area contributed by atoms with E-state index in [2.05, 4.69) is 5.32 Å². The average molecular weight is 314 g/mol. The zero-order valence-corrected chi connectivity index (χ0v) is 12.9. The fraction of sp³-hybridized carbons (Fsp3) is 0.533. The van der Waals surface area contributed by atoms with Crippen molar-refractivity contribution in [3.05, 3.63) is 23.8 Å². The molecule has 22 heavy (non-hydrogen) atoms. The fourth-order valence-electron chi connectivity index (χ4n) is 2.39. The summed E-state index contributed by atoms with van der Waals surface area (Å²) in [5, 5.41) is 2.87. The summed E-state index contributed by atoms with van der Waals surface area (Å²) in [5.41, 5.74) is 0.657. The normalized spacial score (nSPS) is 17.6. The number of fused-ring (bicyclic) bond motifs is 1. The number of nitrogens with zero attached hydrogens (tertiary/aromatic N) is 1. The Labute approximate surface area is 128 Å². The molecule has 0 radical (unpaired) electrons. The fourth-order valence-corrected chi connectivity index (χ4v) is 2.39. The van der Waals surface area contributed by atoms with Crippen LogP contribution in [0.25, 0.3) is 0 Å². The number of hydrogen-bond acceptors (Lipinski definition) is 4. The largest absolute Gasteiger partial charge is 0.372 e. The van der Waals surface area contributed by atoms with Gasteiger partial charge in [0.25, 0.3) is 0 Å². The molecule has 2 rings (SSSR count). The average Bonchev–Trinajstić information content (AvgIpc) is 2.47. The van der Waals surface area contributed by atoms with E-state index in [9.17, 15) is 13.6 Å². The Balaban J connectivity index is 2.33. The number of carbonyl (C=O) groups excluding carboxylic acids is 1. The zero-order valence-electron chi connectivity index (χ0n) is 12.9. The van der Waals surface area contributed by atoms with Crippen LogP contribution in [0, 0.1) is 11.6 Å². The Hall–Kier alpha value is -1.73. The van der Waals surface area contributed by atoms with E-state index in [0.717, 1.165) is 12.1 Å². The van der Waals surface area contributed by atoms with Crippen LogP contribution in [0.4, 0.5) is 20.2 Å². The number of rotatable bonds is 6. The van der Waals surface area contributed by atoms with Gasteiger partial charge in [-0.3, -0.25) is 4.79 Å². The molecule has 1 aromatic rings. The first-order valence-corrected chi connectivity index (χ1v) is 7.28. The molecule has 1 aliphatic rings. The van der Waals surface area contributed by atoms with Gasteiger partial charge in [-0.05, 0) is 20.8 Å². The van der Waals surface area contributed by atoms with Gasteiger partial charge in [0.15, 0.2) is 17.9 Å². The standard InChI is InChI=1S/C15H20F2N2O3/c1-4-21-14(22-5-2)8-19-13-7-11(17)10(16)6-12(13)18-9(3)15(19)20/h6-7,9,14,18H,4-5,8H2,1-3H3. The number of carbonyl (C=O) groups is 1. The van der Waals surface area contributed by atoms with Gasteiger partial charge >= 0.3 is 0 Å². The summed E-state index contributed by atoms with van der Waals surface area (Å²) in [7, 11) is 0. The molecule has 0 bridgehead atoms. The highest BCUT2D eigenvalue weighted by Crippen LogP contribution is 2.33. The van der Waals surface area contributed by atoms with Crippen LogP contribution in [0.1, 0.15) is 20.8 Å². The van der Waals surface area contributed by atoms with Crippen molar-refractivity contribution in [3.8, 4) is 0 Å². The first-order valence-electron chi connectivity index (χ1n) is 7.28. The van der Waals surface area contributed by atoms with Crippen LogP contribution >= 0.6 is 0 Å². The molecule has 1 aliphatic heterocycles. The van der Waals surface area contributed by atoms with Gasteiger partial charge in [0.1, 0.15) is 6.04 Å². The van der Waals surface area contributed by atoms with Crippen molar-refractivity contribution in [2.24, 2.45) is 0 Å². The SMILES string of the molecule is CCOC(CN1C(=O)C(C)Nc2cc(F)c(F)cc21)OCC. The first-order chi connectivity index (χ1) is 10.5. The van der Waals surface area contributed by atoms with Crippen molar-refractivity contribution in [2.45, 2.75) is 33.1 Å². The summed E-state index contributed by atoms with van der Waals surface area (Å²) in [6, 6.07) is 1.52. The third-order valence-corrected chi connectivity index (χ3v) is 3.37. The van der Waals surface area contributed by atoms with E-state index in [-0.39, 0.29) is 18.1 Å². The van der Waals surface area contributed by atoms with Crippen LogP contribution in [0.3, 0.4) is 0 Å². The number of amides is 1. The smallest absolute Gasteiger partial charge is 0.249 e. The van der Waals surface area contributed by atoms with Crippen molar-refractivity contribution in [1.82, 2.24) is 0 Å². The summed E-state index contributed by atoms with van der Waals surface area (Å²) in [5.74, 6) is -2.21. The number of ether oxygens (including phenoxy) is 2. The van der Waals surface area contributed by atoms with E-state index in [1.165, 1.54) is 4.90 Å². The molecule has 1 aromatic carbocycles. The van der Waals surface area contributed by atoms with Crippen LogP contribution < -0.4 is 10.2 Å². The lowest BCUT2D eigenvalue weighted by atomic mass is 10.1. The lowest BCUT2D eigenvalue weighted by Gasteiger charge is -2.35. The molecule has 122 valence electrons. The number of halogens is 2. The Morgan fingerprint density at radius 3 is 2.41 bits per heavy atom. The number of benzene rings is 1. The van der Waals surface area contributed by atoms with E-state index in [0.29, 0.717) is 18.9 Å². The van der Waals surface area contributed by atoms with Gasteiger partial charge in [0, 0.05) is 25.3 Å². The van der Waals surface area contributed by atoms with E-state index in [1.807, 2.05) is 13.8 Å². The summed E-state index contributed by atoms with van der Waals surface area (Å²) in [4.78, 5) is 13.7. The minimum Gasteiger partial charge on any atom is -0.372 e. The number of anilines is 2. The molecule has 0 aromatic heterocycles. The van der Waals surface area contributed by atoms with Crippen molar-refractivity contribution in [2.75, 3.05) is 30.0 Å². The third kappa shape index (κ3) is 3.36. The van der Waals surface area contributed by atoms with E-state index >= 15 is 0 Å². The van der Waals surface area contributed by atoms with Crippen molar-refractivity contribution < 1.29 is 23.0 Å². The lowest BCUT2D eigenvalue weighted by Crippen LogP contribution is -2.49. The summed E-state index contributed by atoms with van der Waals surface area (Å²) in [6.07, 6.45) is -0.620. The maximum atomic E-state index is 13.5. The Morgan fingerprint density at radius 1 is 1.23 bits per heavy atom. The van der Waals surface area contributed by atoms with Crippen LogP contribution in [-0.2, 0) is 14.3 Å². The van der Waals surface area contributed by atoms with E-state index < -0.39 is 24.0 Å². The van der Waals surface area contributed by atoms with E-state index in [4.69, 9.17) is 9.47 Å². The van der Waals surface area contributed by atoms with Gasteiger partial charge in [-0.25, -0.2) is 8.78 Å². The number of nitrogens with one attached hydrogen (secondary N) is 1. The number of hydrogen-bond donors (Lipinski definition) is 1. The zero-order chi connectivity index (χ0) is 16.3. The highest BCUT2D eigenvalue weighted by Gasteiger charge is 2.32. The van der Waals surface area contributed by atoms with Crippen molar-refractivity contribution in [1.29, 1.82) is 0 Å². The Bertz CT molecular complexity index is 548. The van der Waals surface area contributed by atoms with Gasteiger partial charge in [-0.2, -0.15) is 0 Å². The predicted molar refractivity (Wildman–Crippen MR) is 78.8 cm³/mol. The van der Waals surface area contributed by atoms with E-state index in [1.54, 1.807) is 6.92 Å². The molecule has 7 heteroatoms. The molecule has 1 heterocycles. The van der Waals surface area contributed by atoms with Crippen LogP contribution in [-0.4, -0.2) is 38.0 Å². The Morgan fingerprint density at radius 2 is 1.82 bits per heavy atom. The van der Waals surface area contributed by atoms with Gasteiger partial charge < -0.3 is 19.7 Å². The molecule has 0 saturated carbocycles. The predicted octanol–water partition coefficient (Wildman–Crippen LogP) is 2.51. The molecule has 1 amide bonds. The van der Waals surface area contributed by atoms with Gasteiger partial charge in [0.05, 0.1) is 17.9 Å². The maximum absolute atomic E-state index is 13.5. The highest BCUT2D eigenvalue weighted by molar-refractivity contribution is 6.04. The molecule has 1 unspecified atom stereocenters. The summed E-state index contributed by atoms with van der Waals surface area (Å²) < 4.78 is 37.8. The van der Waals surface area contributed by atoms with Crippen LogP contribution in [0.15, 0.2) is 12.1 Å². The van der Waals surface area contributed by atoms with Crippen molar-refractivity contribution >= 4 is 17.3 Å². The second-order valence-electron chi connectivity index (χ2n) is 4.94. The van der Waals surface area contributed by atoms with Gasteiger partial charge in [0.2, 0.25) is 5.91 Å². The highest BCUT2D eigenvalue weighted by atomic mass is 19.2. The Kier molecular flexibility index (Phi) is 5.31. The topological polar surface area (TPSA) is 50.8 Å². The minimum atomic E-state index is -1.00. The quantitative estimate of drug-likeness (QED) is 0.820. The lowest BCUT2D eigenvalue weighted by molar-refractivity contribution is -0.136. The molecule has 5 nitrogen and oxygen atoms in total. The van der Waals surface area contributed by atoms with Crippen LogP contribution in [0.5, 0.6) is 0 Å². The second kappa shape index (κ2) is 7.02. The molecule has 0 fully saturated rings. The van der Waals surface area contributed by atoms with Gasteiger partial charge in [-0.1, -0.05) is 0 Å². The third-order valence-electron chi connectivity index (χ3n) is 3.37. The molecule has 1 N–H and O–H groups in total. The molecule has 0 saturated heterocycles. The minimum absolute atomic E-state index is 0.116. The van der Waals surface area contributed by atoms with Crippen LogP contribution in [0.2, 0.25) is 0 Å². The molecular weight excluding hydrogens is 294 g/mol. The molecule has 0 aliphatic carbocycles. The summed E-state index contributed by atoms with van der Waals surface area (Å²) >= 11 is 0. The molecule has 1 atom stereocenters. The van der Waals surface area contributed by atoms with Gasteiger partial charge in [-0.15, -0.1) is 0 Å². The summed E-state index contributed by atoms with van der Waals surface area (Å²) in [6.45, 7) is 6.26. The van der Waals surface area contributed by atoms with Crippen molar-refractivity contribution in [3.63, 3.8) is 0 Å². The molecular formula is C15H20F2N2O3. The maximum Gasteiger partial charge on any atom is 0.249 e.